The van der Waals surface area contributed by atoms with E-state index in [9.17, 15) is 0 Å². The number of furan rings is 1. The van der Waals surface area contributed by atoms with Crippen molar-refractivity contribution in [1.82, 2.24) is 9.97 Å². The van der Waals surface area contributed by atoms with E-state index in [1.165, 1.54) is 21.9 Å². The highest BCUT2D eigenvalue weighted by atomic mass is 16.3. The summed E-state index contributed by atoms with van der Waals surface area (Å²) in [7, 11) is 0. The molecular formula is C49H40N2O. The summed E-state index contributed by atoms with van der Waals surface area (Å²) in [5.41, 5.74) is 10.5. The van der Waals surface area contributed by atoms with Crippen LogP contribution in [-0.4, -0.2) is 9.97 Å². The molecule has 3 nitrogen and oxygen atoms in total. The van der Waals surface area contributed by atoms with Crippen LogP contribution in [0.1, 0.15) is 52.7 Å². The summed E-state index contributed by atoms with van der Waals surface area (Å²) in [6, 6.07) is 47.8. The summed E-state index contributed by atoms with van der Waals surface area (Å²) in [4.78, 5) is 11.2. The van der Waals surface area contributed by atoms with E-state index < -0.39 is 0 Å². The van der Waals surface area contributed by atoms with Gasteiger partial charge in [0.2, 0.25) is 0 Å². The van der Waals surface area contributed by atoms with Gasteiger partial charge in [-0.3, -0.25) is 0 Å². The zero-order valence-electron chi connectivity index (χ0n) is 30.5. The van der Waals surface area contributed by atoms with Gasteiger partial charge in [-0.25, -0.2) is 9.97 Å². The van der Waals surface area contributed by atoms with Crippen LogP contribution >= 0.6 is 0 Å². The second kappa shape index (κ2) is 10.6. The molecule has 0 amide bonds. The van der Waals surface area contributed by atoms with E-state index in [0.717, 1.165) is 77.4 Å². The molecule has 0 saturated carbocycles. The summed E-state index contributed by atoms with van der Waals surface area (Å²) in [6.07, 6.45) is 0. The van der Waals surface area contributed by atoms with Crippen LogP contribution in [0.25, 0.3) is 88.2 Å². The molecule has 0 aliphatic heterocycles. The van der Waals surface area contributed by atoms with E-state index in [0.29, 0.717) is 0 Å². The summed E-state index contributed by atoms with van der Waals surface area (Å²) >= 11 is 0. The van der Waals surface area contributed by atoms with Gasteiger partial charge in [0.05, 0.1) is 11.2 Å². The topological polar surface area (TPSA) is 38.9 Å². The zero-order valence-corrected chi connectivity index (χ0v) is 30.5. The van der Waals surface area contributed by atoms with E-state index in [4.69, 9.17) is 14.4 Å². The van der Waals surface area contributed by atoms with Crippen molar-refractivity contribution in [2.24, 2.45) is 5.41 Å². The molecular weight excluding hydrogens is 633 g/mol. The minimum absolute atomic E-state index is 0.0157. The molecule has 0 unspecified atom stereocenters. The Morgan fingerprint density at radius 1 is 0.442 bits per heavy atom. The predicted octanol–water partition coefficient (Wildman–Crippen LogP) is 13.4. The lowest BCUT2D eigenvalue weighted by molar-refractivity contribution is 0.125. The lowest BCUT2D eigenvalue weighted by Crippen LogP contribution is -2.42. The second-order valence-electron chi connectivity index (χ2n) is 16.2. The van der Waals surface area contributed by atoms with Gasteiger partial charge in [-0.05, 0) is 73.4 Å². The monoisotopic (exact) mass is 672 g/mol. The van der Waals surface area contributed by atoms with Crippen molar-refractivity contribution in [3.05, 3.63) is 145 Å². The fraction of sp³-hybridized carbons (Fsp3) is 0.184. The normalized spacial score (nSPS) is 16.0. The molecule has 0 saturated heterocycles. The zero-order chi connectivity index (χ0) is 35.6. The standard InChI is InChI=1S/C49H40N2O/c1-47(2)40-27-38(36-23-14-22-35-33-20-11-12-24-42(33)52-45(35)36)39(28-41(40)48(3,4)49(47,5)6)46-50-43-32-19-10-8-16-30(32)25-26-37(43)44(51-46)34-21-13-17-29-15-7-9-18-31(29)34/h7-28H,1-6H3. The average Bonchev–Trinajstić information content (AvgIpc) is 3.59. The van der Waals surface area contributed by atoms with Crippen molar-refractivity contribution in [3.8, 4) is 33.8 Å². The fourth-order valence-electron chi connectivity index (χ4n) is 9.08. The summed E-state index contributed by atoms with van der Waals surface area (Å²) in [5, 5.41) is 7.93. The van der Waals surface area contributed by atoms with Crippen molar-refractivity contribution < 1.29 is 4.42 Å². The van der Waals surface area contributed by atoms with Gasteiger partial charge in [0.25, 0.3) is 0 Å². The van der Waals surface area contributed by atoms with Crippen LogP contribution in [0.15, 0.2) is 138 Å². The Bertz CT molecular complexity index is 2940. The first-order chi connectivity index (χ1) is 25.1. The van der Waals surface area contributed by atoms with Gasteiger partial charge in [0.15, 0.2) is 5.82 Å². The van der Waals surface area contributed by atoms with Crippen LogP contribution in [-0.2, 0) is 10.8 Å². The largest absolute Gasteiger partial charge is 0.455 e. The lowest BCUT2D eigenvalue weighted by atomic mass is 9.59. The van der Waals surface area contributed by atoms with E-state index in [-0.39, 0.29) is 16.2 Å². The Kier molecular flexibility index (Phi) is 6.32. The highest BCUT2D eigenvalue weighted by Gasteiger charge is 2.57. The minimum atomic E-state index is -0.105. The molecule has 2 heterocycles. The van der Waals surface area contributed by atoms with Gasteiger partial charge in [0, 0.05) is 38.2 Å². The highest BCUT2D eigenvalue weighted by molar-refractivity contribution is 6.13. The molecule has 9 aromatic rings. The molecule has 252 valence electrons. The van der Waals surface area contributed by atoms with Crippen molar-refractivity contribution in [2.75, 3.05) is 0 Å². The number of benzene rings is 7. The van der Waals surface area contributed by atoms with E-state index in [1.807, 2.05) is 6.07 Å². The maximum atomic E-state index is 6.71. The van der Waals surface area contributed by atoms with Crippen LogP contribution in [0.5, 0.6) is 0 Å². The molecule has 1 aliphatic carbocycles. The second-order valence-corrected chi connectivity index (χ2v) is 16.2. The Morgan fingerprint density at radius 2 is 1.02 bits per heavy atom. The predicted molar refractivity (Wildman–Crippen MR) is 218 cm³/mol. The van der Waals surface area contributed by atoms with Crippen LogP contribution in [0, 0.1) is 5.41 Å². The number of fused-ring (bicyclic) bond motifs is 8. The molecule has 1 aliphatic rings. The van der Waals surface area contributed by atoms with Crippen LogP contribution in [0.3, 0.4) is 0 Å². The smallest absolute Gasteiger partial charge is 0.161 e. The molecule has 7 aromatic carbocycles. The maximum Gasteiger partial charge on any atom is 0.161 e. The van der Waals surface area contributed by atoms with Gasteiger partial charge in [0.1, 0.15) is 11.2 Å². The number of aromatic nitrogens is 2. The van der Waals surface area contributed by atoms with E-state index in [2.05, 4.69) is 169 Å². The van der Waals surface area contributed by atoms with Crippen LogP contribution in [0.2, 0.25) is 0 Å². The number of hydrogen-bond donors (Lipinski definition) is 0. The van der Waals surface area contributed by atoms with E-state index in [1.54, 1.807) is 0 Å². The van der Waals surface area contributed by atoms with Crippen molar-refractivity contribution in [1.29, 1.82) is 0 Å². The van der Waals surface area contributed by atoms with Gasteiger partial charge in [-0.2, -0.15) is 0 Å². The third-order valence-corrected chi connectivity index (χ3v) is 13.2. The van der Waals surface area contributed by atoms with Crippen molar-refractivity contribution in [3.63, 3.8) is 0 Å². The molecule has 0 atom stereocenters. The number of para-hydroxylation sites is 2. The summed E-state index contributed by atoms with van der Waals surface area (Å²) in [6.45, 7) is 14.5. The number of nitrogens with zero attached hydrogens (tertiary/aromatic N) is 2. The van der Waals surface area contributed by atoms with Crippen molar-refractivity contribution in [2.45, 2.75) is 52.4 Å². The minimum Gasteiger partial charge on any atom is -0.455 e. The molecule has 52 heavy (non-hydrogen) atoms. The maximum absolute atomic E-state index is 6.71. The Morgan fingerprint density at radius 3 is 1.79 bits per heavy atom. The third kappa shape index (κ3) is 4.08. The van der Waals surface area contributed by atoms with Crippen LogP contribution < -0.4 is 0 Å². The lowest BCUT2D eigenvalue weighted by Gasteiger charge is -2.44. The third-order valence-electron chi connectivity index (χ3n) is 13.2. The Labute approximate surface area is 304 Å². The molecule has 10 rings (SSSR count). The SMILES string of the molecule is CC1(C)c2cc(-c3nc(-c4cccc5ccccc45)c4ccc5ccccc5c4n3)c(-c3cccc4c3oc3ccccc34)cc2C(C)(C)C1(C)C. The Hall–Kier alpha value is -5.80. The quantitative estimate of drug-likeness (QED) is 0.175. The molecule has 2 aromatic heterocycles. The first-order valence-electron chi connectivity index (χ1n) is 18.3. The first-order valence-corrected chi connectivity index (χ1v) is 18.3. The van der Waals surface area contributed by atoms with Gasteiger partial charge in [-0.1, -0.05) is 151 Å². The van der Waals surface area contributed by atoms with Gasteiger partial charge < -0.3 is 4.42 Å². The molecule has 3 heteroatoms. The van der Waals surface area contributed by atoms with Gasteiger partial charge in [-0.15, -0.1) is 0 Å². The molecule has 0 spiro atoms. The van der Waals surface area contributed by atoms with Crippen LogP contribution in [0.4, 0.5) is 0 Å². The highest BCUT2D eigenvalue weighted by Crippen LogP contribution is 2.63. The number of rotatable bonds is 3. The average molecular weight is 673 g/mol. The van der Waals surface area contributed by atoms with Gasteiger partial charge >= 0.3 is 0 Å². The van der Waals surface area contributed by atoms with E-state index >= 15 is 0 Å². The number of hydrogen-bond acceptors (Lipinski definition) is 3. The Balaban J connectivity index is 1.36. The summed E-state index contributed by atoms with van der Waals surface area (Å²) in [5.74, 6) is 0.719. The molecule has 0 fully saturated rings. The van der Waals surface area contributed by atoms with Crippen molar-refractivity contribution >= 4 is 54.4 Å². The molecule has 0 bridgehead atoms. The summed E-state index contributed by atoms with van der Waals surface area (Å²) < 4.78 is 6.71. The molecule has 0 radical (unpaired) electrons. The molecule has 0 N–H and O–H groups in total. The fourth-order valence-corrected chi connectivity index (χ4v) is 9.08. The first kappa shape index (κ1) is 31.0.